The van der Waals surface area contributed by atoms with Gasteiger partial charge in [0.25, 0.3) is 15.6 Å². The van der Waals surface area contributed by atoms with Gasteiger partial charge in [-0.3, -0.25) is 14.1 Å². The zero-order valence-corrected chi connectivity index (χ0v) is 21.8. The molecule has 0 aliphatic heterocycles. The van der Waals surface area contributed by atoms with Gasteiger partial charge in [0.2, 0.25) is 11.8 Å². The average molecular weight is 593 g/mol. The van der Waals surface area contributed by atoms with Gasteiger partial charge in [0.05, 0.1) is 17.5 Å². The molecule has 0 saturated carbocycles. The van der Waals surface area contributed by atoms with Crippen LogP contribution in [0.2, 0.25) is 5.02 Å². The predicted molar refractivity (Wildman–Crippen MR) is 137 cm³/mol. The van der Waals surface area contributed by atoms with Gasteiger partial charge in [-0.25, -0.2) is 21.6 Å². The standard InChI is InChI=1S/C25H16ClF3N4O6S/c1-37-25-19(11-16(26)24(30-25)38-12-14-2-5-17(27)23(29)22(14)28)33-18-6-4-15(10-13(18)3-7-21(33)34)40(35,36)32-20-8-9-39-31-20/h2-11H,12H2,1H3,(H,31,32). The van der Waals surface area contributed by atoms with Crippen LogP contribution in [0.25, 0.3) is 16.6 Å². The first-order chi connectivity index (χ1) is 19.1. The van der Waals surface area contributed by atoms with E-state index in [0.29, 0.717) is 10.9 Å². The molecule has 0 aliphatic rings. The van der Waals surface area contributed by atoms with Crippen LogP contribution in [0, 0.1) is 17.5 Å². The summed E-state index contributed by atoms with van der Waals surface area (Å²) in [5, 5.41) is 3.78. The minimum Gasteiger partial charge on any atom is -0.479 e. The van der Waals surface area contributed by atoms with Gasteiger partial charge in [-0.1, -0.05) is 16.8 Å². The van der Waals surface area contributed by atoms with Crippen LogP contribution < -0.4 is 19.8 Å². The van der Waals surface area contributed by atoms with Crippen LogP contribution in [0.1, 0.15) is 5.56 Å². The fraction of sp³-hybridized carbons (Fsp3) is 0.0800. The van der Waals surface area contributed by atoms with Gasteiger partial charge in [0, 0.05) is 23.1 Å². The Morgan fingerprint density at radius 1 is 1.02 bits per heavy atom. The minimum atomic E-state index is -4.03. The lowest BCUT2D eigenvalue weighted by Gasteiger charge is -2.16. The summed E-state index contributed by atoms with van der Waals surface area (Å²) in [4.78, 5) is 17.0. The van der Waals surface area contributed by atoms with E-state index < -0.39 is 39.6 Å². The summed E-state index contributed by atoms with van der Waals surface area (Å²) in [6.45, 7) is -0.536. The summed E-state index contributed by atoms with van der Waals surface area (Å²) in [6, 6.07) is 11.1. The molecule has 0 unspecified atom stereocenters. The van der Waals surface area contributed by atoms with Crippen LogP contribution in [-0.4, -0.2) is 30.2 Å². The van der Waals surface area contributed by atoms with Crippen molar-refractivity contribution >= 4 is 38.3 Å². The number of halogens is 4. The molecule has 3 aromatic heterocycles. The van der Waals surface area contributed by atoms with Crippen molar-refractivity contribution in [2.24, 2.45) is 0 Å². The number of pyridine rings is 2. The Morgan fingerprint density at radius 3 is 2.55 bits per heavy atom. The lowest BCUT2D eigenvalue weighted by Crippen LogP contribution is -2.19. The molecule has 0 fully saturated rings. The summed E-state index contributed by atoms with van der Waals surface area (Å²) >= 11 is 6.34. The fourth-order valence-electron chi connectivity index (χ4n) is 3.78. The Labute approximate surface area is 228 Å². The maximum atomic E-state index is 14.0. The third kappa shape index (κ3) is 5.05. The number of rotatable bonds is 8. The van der Waals surface area contributed by atoms with Crippen molar-refractivity contribution in [1.29, 1.82) is 0 Å². The number of hydrogen-bond donors (Lipinski definition) is 1. The van der Waals surface area contributed by atoms with Crippen molar-refractivity contribution < 1.29 is 35.6 Å². The second kappa shape index (κ2) is 10.5. The monoisotopic (exact) mass is 592 g/mol. The Morgan fingerprint density at radius 2 is 1.82 bits per heavy atom. The van der Waals surface area contributed by atoms with E-state index in [1.165, 1.54) is 60.4 Å². The largest absolute Gasteiger partial charge is 0.479 e. The number of sulfonamides is 1. The molecule has 0 amide bonds. The van der Waals surface area contributed by atoms with Crippen molar-refractivity contribution in [2.75, 3.05) is 11.8 Å². The van der Waals surface area contributed by atoms with Crippen molar-refractivity contribution in [3.8, 4) is 17.4 Å². The highest BCUT2D eigenvalue weighted by Crippen LogP contribution is 2.33. The van der Waals surface area contributed by atoms with Crippen LogP contribution in [0.15, 0.2) is 75.1 Å². The molecular formula is C25H16ClF3N4O6S. The number of fused-ring (bicyclic) bond motifs is 1. The zero-order valence-electron chi connectivity index (χ0n) is 20.2. The predicted octanol–water partition coefficient (Wildman–Crippen LogP) is 4.83. The Kier molecular flexibility index (Phi) is 7.12. The molecule has 5 rings (SSSR count). The SMILES string of the molecule is COc1nc(OCc2ccc(F)c(F)c2F)c(Cl)cc1-n1c(=O)ccc2cc(S(=O)(=O)Nc3ccon3)ccc21. The van der Waals surface area contributed by atoms with Gasteiger partial charge in [0.1, 0.15) is 23.6 Å². The van der Waals surface area contributed by atoms with Gasteiger partial charge < -0.3 is 14.0 Å². The number of benzene rings is 2. The number of nitrogens with zero attached hydrogens (tertiary/aromatic N) is 3. The first-order valence-electron chi connectivity index (χ1n) is 11.2. The smallest absolute Gasteiger partial charge is 0.263 e. The second-order valence-corrected chi connectivity index (χ2v) is 10.2. The van der Waals surface area contributed by atoms with Gasteiger partial charge >= 0.3 is 0 Å². The van der Waals surface area contributed by atoms with E-state index in [2.05, 4.69) is 19.4 Å². The van der Waals surface area contributed by atoms with E-state index in [-0.39, 0.29) is 38.7 Å². The fourth-order valence-corrected chi connectivity index (χ4v) is 5.01. The third-order valence-corrected chi connectivity index (χ3v) is 7.28. The normalized spacial score (nSPS) is 11.5. The maximum Gasteiger partial charge on any atom is 0.263 e. The number of methoxy groups -OCH3 is 1. The highest BCUT2D eigenvalue weighted by atomic mass is 35.5. The molecule has 206 valence electrons. The molecule has 0 aliphatic carbocycles. The van der Waals surface area contributed by atoms with Gasteiger partial charge in [0.15, 0.2) is 23.3 Å². The molecule has 40 heavy (non-hydrogen) atoms. The molecule has 0 radical (unpaired) electrons. The average Bonchev–Trinajstić information content (AvgIpc) is 3.44. The molecule has 1 N–H and O–H groups in total. The molecule has 0 bridgehead atoms. The molecule has 3 heterocycles. The van der Waals surface area contributed by atoms with E-state index in [1.54, 1.807) is 0 Å². The highest BCUT2D eigenvalue weighted by Gasteiger charge is 2.21. The Hall–Kier alpha value is -4.56. The van der Waals surface area contributed by atoms with Crippen molar-refractivity contribution in [2.45, 2.75) is 11.5 Å². The summed E-state index contributed by atoms with van der Waals surface area (Å²) in [5.41, 5.74) is -0.418. The van der Waals surface area contributed by atoms with Crippen molar-refractivity contribution in [3.63, 3.8) is 0 Å². The third-order valence-electron chi connectivity index (χ3n) is 5.66. The Bertz CT molecular complexity index is 1920. The Balaban J connectivity index is 1.52. The number of nitrogens with one attached hydrogen (secondary N) is 1. The molecule has 2 aromatic carbocycles. The molecule has 0 spiro atoms. The van der Waals surface area contributed by atoms with Gasteiger partial charge in [-0.05, 0) is 42.5 Å². The van der Waals surface area contributed by atoms with E-state index >= 15 is 0 Å². The summed E-state index contributed by atoms with van der Waals surface area (Å²) in [5.74, 6) is -4.77. The maximum absolute atomic E-state index is 14.0. The lowest BCUT2D eigenvalue weighted by atomic mass is 10.2. The zero-order chi connectivity index (χ0) is 28.6. The molecule has 5 aromatic rings. The summed E-state index contributed by atoms with van der Waals surface area (Å²) in [6.07, 6.45) is 1.21. The van der Waals surface area contributed by atoms with E-state index in [9.17, 15) is 26.4 Å². The number of hydrogen-bond acceptors (Lipinski definition) is 8. The second-order valence-electron chi connectivity index (χ2n) is 8.14. The quantitative estimate of drug-likeness (QED) is 0.254. The van der Waals surface area contributed by atoms with Crippen molar-refractivity contribution in [3.05, 3.63) is 99.3 Å². The number of anilines is 1. The van der Waals surface area contributed by atoms with Gasteiger partial charge in [-0.15, -0.1) is 0 Å². The minimum absolute atomic E-state index is 0.00914. The first kappa shape index (κ1) is 27.0. The lowest BCUT2D eigenvalue weighted by molar-refractivity contribution is 0.278. The molecule has 10 nitrogen and oxygen atoms in total. The van der Waals surface area contributed by atoms with E-state index in [1.807, 2.05) is 0 Å². The summed E-state index contributed by atoms with van der Waals surface area (Å²) in [7, 11) is -2.76. The van der Waals surface area contributed by atoms with E-state index in [0.717, 1.165) is 12.1 Å². The van der Waals surface area contributed by atoms with Crippen LogP contribution >= 0.6 is 11.6 Å². The van der Waals surface area contributed by atoms with Crippen molar-refractivity contribution in [1.82, 2.24) is 14.7 Å². The van der Waals surface area contributed by atoms with Crippen LogP contribution in [0.4, 0.5) is 19.0 Å². The topological polar surface area (TPSA) is 126 Å². The molecule has 0 atom stereocenters. The number of aromatic nitrogens is 3. The molecule has 0 saturated heterocycles. The molecular weight excluding hydrogens is 577 g/mol. The van der Waals surface area contributed by atoms with Crippen LogP contribution in [0.5, 0.6) is 11.8 Å². The highest BCUT2D eigenvalue weighted by molar-refractivity contribution is 7.92. The number of ether oxygens (including phenoxy) is 2. The van der Waals surface area contributed by atoms with Crippen LogP contribution in [-0.2, 0) is 16.6 Å². The van der Waals surface area contributed by atoms with Crippen LogP contribution in [0.3, 0.4) is 0 Å². The summed E-state index contributed by atoms with van der Waals surface area (Å²) < 4.78 is 85.2. The van der Waals surface area contributed by atoms with E-state index in [4.69, 9.17) is 21.1 Å². The first-order valence-corrected chi connectivity index (χ1v) is 13.0. The molecule has 15 heteroatoms. The van der Waals surface area contributed by atoms with Gasteiger partial charge in [-0.2, -0.15) is 4.98 Å².